The second-order valence-electron chi connectivity index (χ2n) is 1.85. The second-order valence-corrected chi connectivity index (χ2v) is 1.85. The summed E-state index contributed by atoms with van der Waals surface area (Å²) in [4.78, 5) is 19.5. The van der Waals surface area contributed by atoms with Gasteiger partial charge < -0.3 is 29.3 Å². The smallest absolute Gasteiger partial charge is 0.548 e. The van der Waals surface area contributed by atoms with Crippen LogP contribution in [0.1, 0.15) is 0 Å². The molecule has 0 heterocycles. The number of carboxylic acid groups (broad SMARTS) is 2. The van der Waals surface area contributed by atoms with Gasteiger partial charge >= 0.3 is 59.1 Å². The van der Waals surface area contributed by atoms with Crippen LogP contribution in [0.4, 0.5) is 0 Å². The summed E-state index contributed by atoms with van der Waals surface area (Å²) in [5.74, 6) is -2.65. The third-order valence-electron chi connectivity index (χ3n) is 0.812. The molecule has 0 aromatic carbocycles. The fraction of sp³-hybridized carbons (Fsp3) is 0.667. The van der Waals surface area contributed by atoms with Crippen molar-refractivity contribution in [1.29, 1.82) is 0 Å². The van der Waals surface area contributed by atoms with E-state index >= 15 is 0 Å². The van der Waals surface area contributed by atoms with Gasteiger partial charge in [-0.2, -0.15) is 0 Å². The summed E-state index contributed by atoms with van der Waals surface area (Å²) >= 11 is 0. The van der Waals surface area contributed by atoms with Crippen LogP contribution in [0.3, 0.4) is 0 Å². The third-order valence-corrected chi connectivity index (χ3v) is 0.812. The standard InChI is InChI=1S/C6H10O6.2Na/c7-5(8)3-11-1-2-12-4-6(9)10;;/h1-4H2,(H,7,8)(H,9,10);;/q;2*+1/p-2. The molecule has 6 nitrogen and oxygen atoms in total. The SMILES string of the molecule is O=C([O-])COCCOCC(=O)[O-].[Na+].[Na+]. The van der Waals surface area contributed by atoms with Crippen LogP contribution in [0, 0.1) is 0 Å². The van der Waals surface area contributed by atoms with Crippen molar-refractivity contribution in [2.24, 2.45) is 0 Å². The molecule has 0 unspecified atom stereocenters. The number of carbonyl (C=O) groups is 2. The van der Waals surface area contributed by atoms with Crippen LogP contribution in [-0.4, -0.2) is 38.4 Å². The average Bonchev–Trinajstić information content (AvgIpc) is 1.95. The maximum atomic E-state index is 9.76. The van der Waals surface area contributed by atoms with Crippen molar-refractivity contribution in [3.63, 3.8) is 0 Å². The van der Waals surface area contributed by atoms with Crippen molar-refractivity contribution in [3.8, 4) is 0 Å². The van der Waals surface area contributed by atoms with Gasteiger partial charge in [0.05, 0.1) is 38.4 Å². The van der Waals surface area contributed by atoms with Gasteiger partial charge in [0, 0.05) is 0 Å². The van der Waals surface area contributed by atoms with Gasteiger partial charge in [-0.1, -0.05) is 0 Å². The molecule has 0 atom stereocenters. The molecule has 0 bridgehead atoms. The summed E-state index contributed by atoms with van der Waals surface area (Å²) in [5.41, 5.74) is 0. The van der Waals surface area contributed by atoms with Gasteiger partial charge in [0.2, 0.25) is 0 Å². The van der Waals surface area contributed by atoms with E-state index in [2.05, 4.69) is 9.47 Å². The molecule has 0 aromatic heterocycles. The molecule has 0 saturated carbocycles. The zero-order valence-electron chi connectivity index (χ0n) is 8.28. The molecule has 8 heteroatoms. The minimum atomic E-state index is -1.32. The number of carbonyl (C=O) groups excluding carboxylic acids is 2. The first kappa shape index (κ1) is 20.3. The summed E-state index contributed by atoms with van der Waals surface area (Å²) < 4.78 is 8.95. The number of ether oxygens (including phenoxy) is 2. The van der Waals surface area contributed by atoms with Gasteiger partial charge in [0.25, 0.3) is 0 Å². The Morgan fingerprint density at radius 2 is 1.14 bits per heavy atom. The zero-order chi connectivity index (χ0) is 9.40. The summed E-state index contributed by atoms with van der Waals surface area (Å²) in [5, 5.41) is 19.5. The van der Waals surface area contributed by atoms with E-state index in [1.54, 1.807) is 0 Å². The molecule has 0 aliphatic rings. The number of hydrogen-bond acceptors (Lipinski definition) is 6. The molecule has 14 heavy (non-hydrogen) atoms. The van der Waals surface area contributed by atoms with Crippen LogP contribution in [0.25, 0.3) is 0 Å². The fourth-order valence-corrected chi connectivity index (χ4v) is 0.429. The summed E-state index contributed by atoms with van der Waals surface area (Å²) in [6.45, 7) is -1.01. The molecule has 0 spiro atoms. The molecule has 0 amide bonds. The van der Waals surface area contributed by atoms with Crippen molar-refractivity contribution in [3.05, 3.63) is 0 Å². The summed E-state index contributed by atoms with van der Waals surface area (Å²) in [6, 6.07) is 0. The van der Waals surface area contributed by atoms with Crippen molar-refractivity contribution in [1.82, 2.24) is 0 Å². The van der Waals surface area contributed by atoms with E-state index in [1.165, 1.54) is 0 Å². The van der Waals surface area contributed by atoms with E-state index in [-0.39, 0.29) is 72.3 Å². The Bertz CT molecular complexity index is 144. The Hall–Kier alpha value is 0.860. The van der Waals surface area contributed by atoms with Crippen molar-refractivity contribution in [2.45, 2.75) is 0 Å². The predicted molar refractivity (Wildman–Crippen MR) is 31.7 cm³/mol. The molecule has 0 radical (unpaired) electrons. The first-order chi connectivity index (χ1) is 5.63. The van der Waals surface area contributed by atoms with Gasteiger partial charge in [-0.15, -0.1) is 0 Å². The molecule has 0 rings (SSSR count). The molecular formula is C6H8Na2O6. The molecule has 70 valence electrons. The Morgan fingerprint density at radius 3 is 1.36 bits per heavy atom. The first-order valence-electron chi connectivity index (χ1n) is 3.18. The van der Waals surface area contributed by atoms with Crippen LogP contribution in [0.2, 0.25) is 0 Å². The number of carboxylic acids is 2. The Kier molecular flexibility index (Phi) is 20.1. The van der Waals surface area contributed by atoms with Crippen molar-refractivity contribution in [2.75, 3.05) is 26.4 Å². The second kappa shape index (κ2) is 13.9. The van der Waals surface area contributed by atoms with E-state index in [9.17, 15) is 19.8 Å². The van der Waals surface area contributed by atoms with Gasteiger partial charge in [-0.05, 0) is 0 Å². The number of aliphatic carboxylic acids is 2. The van der Waals surface area contributed by atoms with Crippen molar-refractivity contribution >= 4 is 11.9 Å². The fourth-order valence-electron chi connectivity index (χ4n) is 0.429. The van der Waals surface area contributed by atoms with E-state index in [0.717, 1.165) is 0 Å². The zero-order valence-corrected chi connectivity index (χ0v) is 12.3. The normalized spacial score (nSPS) is 8.29. The maximum Gasteiger partial charge on any atom is 1.00 e. The van der Waals surface area contributed by atoms with E-state index in [0.29, 0.717) is 0 Å². The minimum absolute atomic E-state index is 0. The van der Waals surface area contributed by atoms with Gasteiger partial charge in [-0.25, -0.2) is 0 Å². The predicted octanol–water partition coefficient (Wildman–Crippen LogP) is -9.47. The monoisotopic (exact) mass is 222 g/mol. The van der Waals surface area contributed by atoms with Crippen LogP contribution in [0.15, 0.2) is 0 Å². The van der Waals surface area contributed by atoms with Gasteiger partial charge in [-0.3, -0.25) is 0 Å². The van der Waals surface area contributed by atoms with E-state index in [1.807, 2.05) is 0 Å². The average molecular weight is 222 g/mol. The van der Waals surface area contributed by atoms with E-state index in [4.69, 9.17) is 0 Å². The Morgan fingerprint density at radius 1 is 0.857 bits per heavy atom. The van der Waals surface area contributed by atoms with Crippen LogP contribution in [0.5, 0.6) is 0 Å². The molecule has 0 fully saturated rings. The molecular weight excluding hydrogens is 214 g/mol. The number of hydrogen-bond donors (Lipinski definition) is 0. The van der Waals surface area contributed by atoms with Gasteiger partial charge in [0.15, 0.2) is 0 Å². The summed E-state index contributed by atoms with van der Waals surface area (Å²) in [7, 11) is 0. The minimum Gasteiger partial charge on any atom is -0.548 e. The van der Waals surface area contributed by atoms with Crippen LogP contribution in [-0.2, 0) is 19.1 Å². The molecule has 0 N–H and O–H groups in total. The first-order valence-corrected chi connectivity index (χ1v) is 3.18. The van der Waals surface area contributed by atoms with E-state index < -0.39 is 25.2 Å². The quantitative estimate of drug-likeness (QED) is 0.313. The largest absolute Gasteiger partial charge is 1.00 e. The molecule has 0 aliphatic heterocycles. The maximum absolute atomic E-state index is 9.76. The number of rotatable bonds is 7. The molecule has 0 saturated heterocycles. The van der Waals surface area contributed by atoms with Crippen LogP contribution < -0.4 is 69.3 Å². The summed E-state index contributed by atoms with van der Waals surface area (Å²) in [6.07, 6.45) is 0. The third kappa shape index (κ3) is 18.6. The Balaban J connectivity index is -0.000000605. The molecule has 0 aromatic rings. The molecule has 0 aliphatic carbocycles. The topological polar surface area (TPSA) is 98.7 Å². The van der Waals surface area contributed by atoms with Gasteiger partial charge in [0.1, 0.15) is 0 Å². The van der Waals surface area contributed by atoms with Crippen molar-refractivity contribution < 1.29 is 88.4 Å². The van der Waals surface area contributed by atoms with Crippen LogP contribution >= 0.6 is 0 Å². The Labute approximate surface area is 126 Å².